The van der Waals surface area contributed by atoms with Crippen molar-refractivity contribution in [1.82, 2.24) is 14.4 Å². The molecule has 0 aliphatic carbocycles. The first-order valence-electron chi connectivity index (χ1n) is 9.93. The van der Waals surface area contributed by atoms with Gasteiger partial charge in [0, 0.05) is 31.3 Å². The van der Waals surface area contributed by atoms with Gasteiger partial charge in [0.2, 0.25) is 21.7 Å². The van der Waals surface area contributed by atoms with E-state index in [1.807, 2.05) is 0 Å². The number of ether oxygens (including phenoxy) is 2. The third kappa shape index (κ3) is 5.13. The maximum atomic E-state index is 12.8. The van der Waals surface area contributed by atoms with E-state index in [4.69, 9.17) is 14.0 Å². The third-order valence-corrected chi connectivity index (χ3v) is 6.61. The van der Waals surface area contributed by atoms with Gasteiger partial charge in [-0.3, -0.25) is 4.79 Å². The van der Waals surface area contributed by atoms with Crippen molar-refractivity contribution in [2.24, 2.45) is 0 Å². The molecule has 1 aromatic heterocycles. The topological polar surface area (TPSA) is 124 Å². The minimum Gasteiger partial charge on any atom is -0.484 e. The molecule has 1 amide bonds. The number of hydrogen-bond acceptors (Lipinski definition) is 8. The number of benzene rings is 2. The Morgan fingerprint density at radius 2 is 1.94 bits per heavy atom. The van der Waals surface area contributed by atoms with E-state index in [0.717, 1.165) is 0 Å². The van der Waals surface area contributed by atoms with Crippen molar-refractivity contribution >= 4 is 21.6 Å². The van der Waals surface area contributed by atoms with Crippen molar-refractivity contribution in [3.8, 4) is 17.1 Å². The van der Waals surface area contributed by atoms with Crippen molar-refractivity contribution < 1.29 is 27.2 Å². The predicted molar refractivity (Wildman–Crippen MR) is 115 cm³/mol. The normalized spacial score (nSPS) is 14.8. The highest BCUT2D eigenvalue weighted by Crippen LogP contribution is 2.22. The number of nitrogens with one attached hydrogen (secondary N) is 1. The number of aryl methyl sites for hydroxylation is 1. The van der Waals surface area contributed by atoms with Crippen molar-refractivity contribution in [3.63, 3.8) is 0 Å². The van der Waals surface area contributed by atoms with Gasteiger partial charge in [-0.25, -0.2) is 8.42 Å². The molecule has 4 rings (SSSR count). The number of carbonyl (C=O) groups is 1. The minimum atomic E-state index is -3.65. The van der Waals surface area contributed by atoms with E-state index < -0.39 is 15.9 Å². The molecule has 10 nitrogen and oxygen atoms in total. The van der Waals surface area contributed by atoms with Crippen LogP contribution in [0.15, 0.2) is 57.9 Å². The molecule has 2 heterocycles. The lowest BCUT2D eigenvalue weighted by Gasteiger charge is -2.26. The summed E-state index contributed by atoms with van der Waals surface area (Å²) >= 11 is 0. The molecule has 0 unspecified atom stereocenters. The van der Waals surface area contributed by atoms with Gasteiger partial charge in [-0.1, -0.05) is 23.4 Å². The van der Waals surface area contributed by atoms with Crippen LogP contribution in [0.25, 0.3) is 11.4 Å². The van der Waals surface area contributed by atoms with Crippen LogP contribution in [0.1, 0.15) is 5.89 Å². The zero-order valence-electron chi connectivity index (χ0n) is 17.4. The number of sulfonamides is 1. The second-order valence-corrected chi connectivity index (χ2v) is 8.98. The van der Waals surface area contributed by atoms with Crippen molar-refractivity contribution in [1.29, 1.82) is 0 Å². The Morgan fingerprint density at radius 3 is 2.69 bits per heavy atom. The van der Waals surface area contributed by atoms with Gasteiger partial charge in [0.25, 0.3) is 5.91 Å². The molecule has 1 aliphatic rings. The molecular weight excluding hydrogens is 436 g/mol. The SMILES string of the molecule is Cc1nc(-c2cccc(OCC(=O)Nc3cccc(S(=O)(=O)N4CCOCC4)c3)c2)no1. The first-order valence-corrected chi connectivity index (χ1v) is 11.4. The summed E-state index contributed by atoms with van der Waals surface area (Å²) in [5.74, 6) is 0.912. The number of hydrogen-bond donors (Lipinski definition) is 1. The number of amides is 1. The van der Waals surface area contributed by atoms with Gasteiger partial charge in [-0.2, -0.15) is 9.29 Å². The first kappa shape index (κ1) is 21.9. The Labute approximate surface area is 185 Å². The maximum absolute atomic E-state index is 12.8. The molecule has 0 bridgehead atoms. The minimum absolute atomic E-state index is 0.112. The number of carbonyl (C=O) groups excluding carboxylic acids is 1. The number of morpholine rings is 1. The van der Waals surface area contributed by atoms with Gasteiger partial charge in [0.05, 0.1) is 18.1 Å². The van der Waals surface area contributed by atoms with Crippen LogP contribution in [-0.4, -0.2) is 61.7 Å². The molecule has 0 atom stereocenters. The second kappa shape index (κ2) is 9.47. The number of anilines is 1. The first-order chi connectivity index (χ1) is 15.4. The van der Waals surface area contributed by atoms with Crippen LogP contribution in [0.3, 0.4) is 0 Å². The molecule has 2 aromatic carbocycles. The Balaban J connectivity index is 1.38. The molecule has 1 fully saturated rings. The van der Waals surface area contributed by atoms with E-state index in [1.54, 1.807) is 43.3 Å². The summed E-state index contributed by atoms with van der Waals surface area (Å²) in [6.45, 7) is 2.77. The highest BCUT2D eigenvalue weighted by atomic mass is 32.2. The number of rotatable bonds is 7. The van der Waals surface area contributed by atoms with Crippen LogP contribution in [0, 0.1) is 6.92 Å². The summed E-state index contributed by atoms with van der Waals surface area (Å²) in [5.41, 5.74) is 1.06. The quantitative estimate of drug-likeness (QED) is 0.571. The standard InChI is InChI=1S/C21H22N4O6S/c1-15-22-21(24-31-15)16-4-2-6-18(12-16)30-14-20(26)23-17-5-3-7-19(13-17)32(27,28)25-8-10-29-11-9-25/h2-7,12-13H,8-11,14H2,1H3,(H,23,26). The van der Waals surface area contributed by atoms with Crippen molar-refractivity contribution in [2.75, 3.05) is 38.2 Å². The van der Waals surface area contributed by atoms with E-state index >= 15 is 0 Å². The average Bonchev–Trinajstić information content (AvgIpc) is 3.25. The lowest BCUT2D eigenvalue weighted by molar-refractivity contribution is -0.118. The van der Waals surface area contributed by atoms with Gasteiger partial charge in [0.1, 0.15) is 5.75 Å². The summed E-state index contributed by atoms with van der Waals surface area (Å²) in [5, 5.41) is 6.53. The van der Waals surface area contributed by atoms with Crippen LogP contribution >= 0.6 is 0 Å². The van der Waals surface area contributed by atoms with Gasteiger partial charge < -0.3 is 19.3 Å². The van der Waals surface area contributed by atoms with E-state index in [0.29, 0.717) is 55.0 Å². The molecule has 11 heteroatoms. The monoisotopic (exact) mass is 458 g/mol. The average molecular weight is 458 g/mol. The fourth-order valence-corrected chi connectivity index (χ4v) is 4.61. The molecule has 1 N–H and O–H groups in total. The maximum Gasteiger partial charge on any atom is 0.262 e. The zero-order chi connectivity index (χ0) is 22.6. The lowest BCUT2D eigenvalue weighted by atomic mass is 10.2. The summed E-state index contributed by atoms with van der Waals surface area (Å²) in [6, 6.07) is 13.1. The molecule has 0 saturated carbocycles. The Morgan fingerprint density at radius 1 is 1.16 bits per heavy atom. The fourth-order valence-electron chi connectivity index (χ4n) is 3.16. The fraction of sp³-hybridized carbons (Fsp3) is 0.286. The van der Waals surface area contributed by atoms with Crippen LogP contribution in [0.2, 0.25) is 0 Å². The lowest BCUT2D eigenvalue weighted by Crippen LogP contribution is -2.40. The molecule has 1 aliphatic heterocycles. The molecule has 1 saturated heterocycles. The van der Waals surface area contributed by atoms with Gasteiger partial charge in [0.15, 0.2) is 6.61 Å². The third-order valence-electron chi connectivity index (χ3n) is 4.72. The molecule has 32 heavy (non-hydrogen) atoms. The van der Waals surface area contributed by atoms with Gasteiger partial charge in [-0.05, 0) is 30.3 Å². The smallest absolute Gasteiger partial charge is 0.262 e. The summed E-state index contributed by atoms with van der Waals surface area (Å²) in [4.78, 5) is 16.6. The molecule has 0 spiro atoms. The van der Waals surface area contributed by atoms with E-state index in [2.05, 4.69) is 15.5 Å². The Bertz CT molecular complexity index is 1200. The Hall–Kier alpha value is -3.28. The highest BCUT2D eigenvalue weighted by molar-refractivity contribution is 7.89. The second-order valence-electron chi connectivity index (χ2n) is 7.05. The van der Waals surface area contributed by atoms with Crippen LogP contribution in [-0.2, 0) is 19.6 Å². The van der Waals surface area contributed by atoms with Crippen LogP contribution in [0.5, 0.6) is 5.75 Å². The largest absolute Gasteiger partial charge is 0.484 e. The molecule has 3 aromatic rings. The highest BCUT2D eigenvalue weighted by Gasteiger charge is 2.26. The van der Waals surface area contributed by atoms with Crippen LogP contribution in [0.4, 0.5) is 5.69 Å². The van der Waals surface area contributed by atoms with E-state index in [1.165, 1.54) is 16.4 Å². The van der Waals surface area contributed by atoms with Gasteiger partial charge in [-0.15, -0.1) is 0 Å². The zero-order valence-corrected chi connectivity index (χ0v) is 18.2. The van der Waals surface area contributed by atoms with Crippen LogP contribution < -0.4 is 10.1 Å². The number of aromatic nitrogens is 2. The summed E-state index contributed by atoms with van der Waals surface area (Å²) in [6.07, 6.45) is 0. The predicted octanol–water partition coefficient (Wildman–Crippen LogP) is 2.08. The van der Waals surface area contributed by atoms with Crippen molar-refractivity contribution in [2.45, 2.75) is 11.8 Å². The summed E-state index contributed by atoms with van der Waals surface area (Å²) < 4.78 is 42.7. The van der Waals surface area contributed by atoms with E-state index in [-0.39, 0.29) is 11.5 Å². The van der Waals surface area contributed by atoms with Gasteiger partial charge >= 0.3 is 0 Å². The van der Waals surface area contributed by atoms with Crippen molar-refractivity contribution in [3.05, 3.63) is 54.4 Å². The molecule has 168 valence electrons. The summed E-state index contributed by atoms with van der Waals surface area (Å²) in [7, 11) is -3.65. The molecular formula is C21H22N4O6S. The number of nitrogens with zero attached hydrogens (tertiary/aromatic N) is 3. The molecule has 0 radical (unpaired) electrons. The Kier molecular flexibility index (Phi) is 6.49. The van der Waals surface area contributed by atoms with E-state index in [9.17, 15) is 13.2 Å².